The second-order valence-corrected chi connectivity index (χ2v) is 5.16. The number of ether oxygens (including phenoxy) is 1. The van der Waals surface area contributed by atoms with Crippen LogP contribution in [-0.2, 0) is 0 Å². The first-order valence-electron chi connectivity index (χ1n) is 6.20. The number of pyridine rings is 1. The molecule has 0 unspecified atom stereocenters. The van der Waals surface area contributed by atoms with Gasteiger partial charge >= 0.3 is 5.97 Å². The number of hydrogen-bond donors (Lipinski definition) is 1. The van der Waals surface area contributed by atoms with Crippen LogP contribution in [0.5, 0.6) is 11.6 Å². The van der Waals surface area contributed by atoms with Gasteiger partial charge in [0.15, 0.2) is 5.69 Å². The van der Waals surface area contributed by atoms with Crippen molar-refractivity contribution in [1.82, 2.24) is 4.98 Å². The standard InChI is InChI=1S/C16H10BrNO3/c17-15-11-5-2-1-4-10(11)8-9-13(15)21-14-7-3-6-12(18-14)16(19)20/h1-9H,(H,19,20). The lowest BCUT2D eigenvalue weighted by Gasteiger charge is -2.09. The Morgan fingerprint density at radius 3 is 2.67 bits per heavy atom. The molecular weight excluding hydrogens is 334 g/mol. The Kier molecular flexibility index (Phi) is 3.58. The van der Waals surface area contributed by atoms with Crippen molar-refractivity contribution in [3.05, 3.63) is 64.8 Å². The molecule has 0 aliphatic carbocycles. The molecular formula is C16H10BrNO3. The van der Waals surface area contributed by atoms with Gasteiger partial charge in [-0.15, -0.1) is 0 Å². The fourth-order valence-electron chi connectivity index (χ4n) is 2.00. The summed E-state index contributed by atoms with van der Waals surface area (Å²) in [7, 11) is 0. The van der Waals surface area contributed by atoms with Gasteiger partial charge in [0.2, 0.25) is 5.88 Å². The molecule has 2 aromatic carbocycles. The van der Waals surface area contributed by atoms with Gasteiger partial charge in [-0.05, 0) is 38.8 Å². The SMILES string of the molecule is O=C(O)c1cccc(Oc2ccc3ccccc3c2Br)n1. The molecule has 21 heavy (non-hydrogen) atoms. The van der Waals surface area contributed by atoms with Gasteiger partial charge in [-0.3, -0.25) is 0 Å². The minimum atomic E-state index is -1.09. The number of hydrogen-bond acceptors (Lipinski definition) is 3. The summed E-state index contributed by atoms with van der Waals surface area (Å²) in [6.07, 6.45) is 0. The molecule has 0 saturated carbocycles. The third-order valence-electron chi connectivity index (χ3n) is 2.99. The third kappa shape index (κ3) is 2.73. The fraction of sp³-hybridized carbons (Fsp3) is 0. The van der Waals surface area contributed by atoms with Gasteiger partial charge in [-0.1, -0.05) is 36.4 Å². The van der Waals surface area contributed by atoms with Crippen LogP contribution in [0.25, 0.3) is 10.8 Å². The number of carboxylic acid groups (broad SMARTS) is 1. The first-order chi connectivity index (χ1) is 10.1. The number of aromatic nitrogens is 1. The highest BCUT2D eigenvalue weighted by molar-refractivity contribution is 9.10. The van der Waals surface area contributed by atoms with Crippen LogP contribution in [-0.4, -0.2) is 16.1 Å². The van der Waals surface area contributed by atoms with E-state index in [1.165, 1.54) is 6.07 Å². The quantitative estimate of drug-likeness (QED) is 0.761. The number of halogens is 1. The van der Waals surface area contributed by atoms with Crippen molar-refractivity contribution in [2.24, 2.45) is 0 Å². The van der Waals surface area contributed by atoms with Crippen molar-refractivity contribution in [3.63, 3.8) is 0 Å². The Bertz CT molecular complexity index is 833. The van der Waals surface area contributed by atoms with Gasteiger partial charge in [0.05, 0.1) is 4.47 Å². The van der Waals surface area contributed by atoms with E-state index in [1.807, 2.05) is 36.4 Å². The Morgan fingerprint density at radius 2 is 1.86 bits per heavy atom. The number of rotatable bonds is 3. The molecule has 0 amide bonds. The minimum Gasteiger partial charge on any atom is -0.477 e. The molecule has 0 saturated heterocycles. The summed E-state index contributed by atoms with van der Waals surface area (Å²) in [4.78, 5) is 14.9. The molecule has 1 heterocycles. The first kappa shape index (κ1) is 13.6. The summed E-state index contributed by atoms with van der Waals surface area (Å²) < 4.78 is 6.50. The highest BCUT2D eigenvalue weighted by atomic mass is 79.9. The van der Waals surface area contributed by atoms with Crippen molar-refractivity contribution >= 4 is 32.7 Å². The molecule has 0 aliphatic rings. The average molecular weight is 344 g/mol. The van der Waals surface area contributed by atoms with Crippen molar-refractivity contribution in [1.29, 1.82) is 0 Å². The van der Waals surface area contributed by atoms with Crippen LogP contribution in [0, 0.1) is 0 Å². The van der Waals surface area contributed by atoms with E-state index in [4.69, 9.17) is 9.84 Å². The van der Waals surface area contributed by atoms with Gasteiger partial charge in [0.25, 0.3) is 0 Å². The topological polar surface area (TPSA) is 59.4 Å². The van der Waals surface area contributed by atoms with Gasteiger partial charge in [-0.2, -0.15) is 0 Å². The number of carboxylic acids is 1. The summed E-state index contributed by atoms with van der Waals surface area (Å²) in [6, 6.07) is 16.3. The zero-order chi connectivity index (χ0) is 14.8. The zero-order valence-corrected chi connectivity index (χ0v) is 12.4. The Morgan fingerprint density at radius 1 is 1.05 bits per heavy atom. The molecule has 0 bridgehead atoms. The second-order valence-electron chi connectivity index (χ2n) is 4.37. The van der Waals surface area contributed by atoms with E-state index in [0.29, 0.717) is 5.75 Å². The maximum absolute atomic E-state index is 10.9. The summed E-state index contributed by atoms with van der Waals surface area (Å²) in [5, 5.41) is 11.0. The van der Waals surface area contributed by atoms with E-state index in [1.54, 1.807) is 12.1 Å². The predicted octanol–water partition coefficient (Wildman–Crippen LogP) is 4.49. The predicted molar refractivity (Wildman–Crippen MR) is 82.9 cm³/mol. The molecule has 4 nitrogen and oxygen atoms in total. The lowest BCUT2D eigenvalue weighted by molar-refractivity contribution is 0.0689. The molecule has 5 heteroatoms. The molecule has 1 aromatic heterocycles. The maximum Gasteiger partial charge on any atom is 0.354 e. The monoisotopic (exact) mass is 343 g/mol. The van der Waals surface area contributed by atoms with Crippen molar-refractivity contribution < 1.29 is 14.6 Å². The van der Waals surface area contributed by atoms with Crippen molar-refractivity contribution in [2.75, 3.05) is 0 Å². The molecule has 0 fully saturated rings. The Balaban J connectivity index is 2.00. The highest BCUT2D eigenvalue weighted by Crippen LogP contribution is 2.35. The first-order valence-corrected chi connectivity index (χ1v) is 7.00. The van der Waals surface area contributed by atoms with Crippen LogP contribution in [0.4, 0.5) is 0 Å². The Labute approximate surface area is 129 Å². The summed E-state index contributed by atoms with van der Waals surface area (Å²) in [6.45, 7) is 0. The molecule has 3 aromatic rings. The molecule has 104 valence electrons. The van der Waals surface area contributed by atoms with E-state index in [9.17, 15) is 4.79 Å². The smallest absolute Gasteiger partial charge is 0.354 e. The van der Waals surface area contributed by atoms with E-state index >= 15 is 0 Å². The molecule has 0 radical (unpaired) electrons. The van der Waals surface area contributed by atoms with Gasteiger partial charge < -0.3 is 9.84 Å². The highest BCUT2D eigenvalue weighted by Gasteiger charge is 2.10. The number of fused-ring (bicyclic) bond motifs is 1. The van der Waals surface area contributed by atoms with Gasteiger partial charge in [-0.25, -0.2) is 9.78 Å². The van der Waals surface area contributed by atoms with Crippen LogP contribution < -0.4 is 4.74 Å². The zero-order valence-electron chi connectivity index (χ0n) is 10.8. The van der Waals surface area contributed by atoms with Crippen LogP contribution in [0.2, 0.25) is 0 Å². The number of aromatic carboxylic acids is 1. The van der Waals surface area contributed by atoms with Crippen LogP contribution in [0.3, 0.4) is 0 Å². The molecule has 3 rings (SSSR count). The number of nitrogens with zero attached hydrogens (tertiary/aromatic N) is 1. The van der Waals surface area contributed by atoms with Crippen LogP contribution in [0.1, 0.15) is 10.5 Å². The van der Waals surface area contributed by atoms with E-state index in [-0.39, 0.29) is 11.6 Å². The fourth-order valence-corrected chi connectivity index (χ4v) is 2.57. The van der Waals surface area contributed by atoms with Gasteiger partial charge in [0.1, 0.15) is 5.75 Å². The molecule has 0 atom stereocenters. The summed E-state index contributed by atoms with van der Waals surface area (Å²) in [5.74, 6) is -0.257. The van der Waals surface area contributed by atoms with Gasteiger partial charge in [0, 0.05) is 6.07 Å². The second kappa shape index (κ2) is 5.54. The molecule has 0 spiro atoms. The van der Waals surface area contributed by atoms with E-state index in [0.717, 1.165) is 15.2 Å². The number of benzene rings is 2. The number of carbonyl (C=O) groups is 1. The normalized spacial score (nSPS) is 10.5. The summed E-state index contributed by atoms with van der Waals surface area (Å²) in [5.41, 5.74) is -0.0515. The van der Waals surface area contributed by atoms with Crippen LogP contribution >= 0.6 is 15.9 Å². The Hall–Kier alpha value is -2.40. The largest absolute Gasteiger partial charge is 0.477 e. The molecule has 1 N–H and O–H groups in total. The molecule has 0 aliphatic heterocycles. The lowest BCUT2D eigenvalue weighted by atomic mass is 10.1. The average Bonchev–Trinajstić information content (AvgIpc) is 2.51. The van der Waals surface area contributed by atoms with Crippen molar-refractivity contribution in [3.8, 4) is 11.6 Å². The van der Waals surface area contributed by atoms with E-state index < -0.39 is 5.97 Å². The van der Waals surface area contributed by atoms with Crippen molar-refractivity contribution in [2.45, 2.75) is 0 Å². The van der Waals surface area contributed by atoms with E-state index in [2.05, 4.69) is 20.9 Å². The summed E-state index contributed by atoms with van der Waals surface area (Å²) >= 11 is 3.52. The maximum atomic E-state index is 10.9. The third-order valence-corrected chi connectivity index (χ3v) is 3.80. The minimum absolute atomic E-state index is 0.0515. The lowest BCUT2D eigenvalue weighted by Crippen LogP contribution is -2.00. The van der Waals surface area contributed by atoms with Crippen LogP contribution in [0.15, 0.2) is 59.1 Å².